The summed E-state index contributed by atoms with van der Waals surface area (Å²) in [6.45, 7) is 4.51. The lowest BCUT2D eigenvalue weighted by atomic mass is 10.3. The molecule has 1 aromatic carbocycles. The predicted molar refractivity (Wildman–Crippen MR) is 131 cm³/mol. The van der Waals surface area contributed by atoms with Crippen LogP contribution in [0.1, 0.15) is 13.3 Å². The fourth-order valence-corrected chi connectivity index (χ4v) is 5.03. The van der Waals surface area contributed by atoms with Gasteiger partial charge in [0.15, 0.2) is 17.5 Å². The molecule has 166 valence electrons. The Morgan fingerprint density at radius 2 is 2.00 bits per heavy atom. The van der Waals surface area contributed by atoms with Crippen molar-refractivity contribution in [1.29, 1.82) is 0 Å². The van der Waals surface area contributed by atoms with E-state index in [1.165, 1.54) is 15.6 Å². The fourth-order valence-electron chi connectivity index (χ4n) is 2.67. The maximum atomic E-state index is 12.5. The number of aliphatic imine (C=N–C) groups is 1. The van der Waals surface area contributed by atoms with Gasteiger partial charge in [0, 0.05) is 38.3 Å². The summed E-state index contributed by atoms with van der Waals surface area (Å²) < 4.78 is 38.0. The van der Waals surface area contributed by atoms with E-state index >= 15 is 0 Å². The van der Waals surface area contributed by atoms with Gasteiger partial charge in [-0.25, -0.2) is 8.42 Å². The minimum Gasteiger partial charge on any atom is -0.490 e. The molecule has 0 atom stereocenters. The van der Waals surface area contributed by atoms with Gasteiger partial charge in [0.25, 0.3) is 10.0 Å². The number of halogens is 1. The third kappa shape index (κ3) is 6.46. The second kappa shape index (κ2) is 11.7. The molecule has 0 radical (unpaired) electrons. The van der Waals surface area contributed by atoms with E-state index < -0.39 is 10.0 Å². The molecule has 0 unspecified atom stereocenters. The zero-order valence-corrected chi connectivity index (χ0v) is 20.9. The number of fused-ring (bicyclic) bond motifs is 1. The van der Waals surface area contributed by atoms with Crippen molar-refractivity contribution < 1.29 is 17.9 Å². The number of benzene rings is 1. The van der Waals surface area contributed by atoms with Crippen LogP contribution in [0.15, 0.2) is 44.9 Å². The number of rotatable bonds is 7. The highest BCUT2D eigenvalue weighted by Gasteiger charge is 2.21. The van der Waals surface area contributed by atoms with Crippen LogP contribution in [0.4, 0.5) is 5.69 Å². The molecule has 8 nitrogen and oxygen atoms in total. The van der Waals surface area contributed by atoms with Crippen molar-refractivity contribution in [2.45, 2.75) is 17.6 Å². The minimum absolute atomic E-state index is 0. The lowest BCUT2D eigenvalue weighted by molar-refractivity contribution is 0.297. The first-order chi connectivity index (χ1) is 14.0. The summed E-state index contributed by atoms with van der Waals surface area (Å²) in [6, 6.07) is 8.98. The number of likely N-dealkylation sites (N-methyl/N-ethyl adjacent to an activating group) is 1. The Kier molecular flexibility index (Phi) is 9.65. The Morgan fingerprint density at radius 1 is 1.23 bits per heavy atom. The molecule has 0 amide bonds. The van der Waals surface area contributed by atoms with Crippen LogP contribution in [0, 0.1) is 0 Å². The van der Waals surface area contributed by atoms with Crippen molar-refractivity contribution >= 4 is 57.0 Å². The van der Waals surface area contributed by atoms with Gasteiger partial charge in [0.2, 0.25) is 0 Å². The van der Waals surface area contributed by atoms with Gasteiger partial charge in [-0.15, -0.1) is 35.3 Å². The molecule has 3 rings (SSSR count). The Labute approximate surface area is 198 Å². The monoisotopic (exact) mass is 566 g/mol. The highest BCUT2D eigenvalue weighted by atomic mass is 127. The number of guanidine groups is 1. The molecule has 0 saturated carbocycles. The van der Waals surface area contributed by atoms with Crippen molar-refractivity contribution in [2.24, 2.45) is 4.99 Å². The number of nitrogens with zero attached hydrogens (tertiary/aromatic N) is 2. The van der Waals surface area contributed by atoms with Crippen LogP contribution in [-0.4, -0.2) is 58.6 Å². The molecule has 2 aromatic rings. The number of anilines is 1. The molecular weight excluding hydrogens is 539 g/mol. The largest absolute Gasteiger partial charge is 0.490 e. The van der Waals surface area contributed by atoms with Gasteiger partial charge in [-0.3, -0.25) is 4.99 Å². The molecule has 0 saturated heterocycles. The van der Waals surface area contributed by atoms with Gasteiger partial charge in [-0.2, -0.15) is 4.31 Å². The Morgan fingerprint density at radius 3 is 2.70 bits per heavy atom. The molecule has 2 N–H and O–H groups in total. The number of hydrogen-bond acceptors (Lipinski definition) is 6. The lowest BCUT2D eigenvalue weighted by Gasteiger charge is -2.16. The number of thiophene rings is 1. The second-order valence-corrected chi connectivity index (χ2v) is 9.58. The number of ether oxygens (including phenoxy) is 2. The molecule has 1 aromatic heterocycles. The van der Waals surface area contributed by atoms with E-state index in [0.717, 1.165) is 17.9 Å². The maximum Gasteiger partial charge on any atom is 0.252 e. The van der Waals surface area contributed by atoms with Gasteiger partial charge in [-0.05, 0) is 30.5 Å². The summed E-state index contributed by atoms with van der Waals surface area (Å²) in [5.74, 6) is 2.00. The van der Waals surface area contributed by atoms with Gasteiger partial charge < -0.3 is 20.1 Å². The Bertz CT molecular complexity index is 936. The zero-order valence-electron chi connectivity index (χ0n) is 17.0. The standard InChI is InChI=1S/C19H26N4O4S2.HI/c1-3-20-19(21-9-10-23(2)29(24,25)18-6-4-13-28-18)22-15-7-8-16-17(14-15)27-12-5-11-26-16;/h4,6-8,13-14H,3,5,9-12H2,1-2H3,(H2,20,21,22);1H. The summed E-state index contributed by atoms with van der Waals surface area (Å²) in [6.07, 6.45) is 0.851. The summed E-state index contributed by atoms with van der Waals surface area (Å²) in [7, 11) is -1.90. The quantitative estimate of drug-likeness (QED) is 0.304. The molecule has 2 heterocycles. The van der Waals surface area contributed by atoms with E-state index in [4.69, 9.17) is 9.47 Å². The summed E-state index contributed by atoms with van der Waals surface area (Å²) in [4.78, 5) is 4.49. The van der Waals surface area contributed by atoms with Gasteiger partial charge in [-0.1, -0.05) is 6.07 Å². The normalized spacial score (nSPS) is 14.0. The van der Waals surface area contributed by atoms with Crippen molar-refractivity contribution in [1.82, 2.24) is 9.62 Å². The highest BCUT2D eigenvalue weighted by molar-refractivity contribution is 14.0. The van der Waals surface area contributed by atoms with E-state index in [1.54, 1.807) is 24.6 Å². The first-order valence-corrected chi connectivity index (χ1v) is 11.8. The van der Waals surface area contributed by atoms with Crippen molar-refractivity contribution in [3.8, 4) is 11.5 Å². The highest BCUT2D eigenvalue weighted by Crippen LogP contribution is 2.32. The SMILES string of the molecule is CCNC(=NCCN(C)S(=O)(=O)c1cccs1)Nc1ccc2c(c1)OCCCO2.I. The van der Waals surface area contributed by atoms with E-state index in [1.807, 2.05) is 25.1 Å². The fraction of sp³-hybridized carbons (Fsp3) is 0.421. The molecule has 0 fully saturated rings. The van der Waals surface area contributed by atoms with Crippen LogP contribution in [0.3, 0.4) is 0 Å². The molecule has 30 heavy (non-hydrogen) atoms. The third-order valence-electron chi connectivity index (χ3n) is 4.20. The van der Waals surface area contributed by atoms with E-state index in [0.29, 0.717) is 42.2 Å². The number of nitrogens with one attached hydrogen (secondary N) is 2. The molecule has 11 heteroatoms. The van der Waals surface area contributed by atoms with Crippen LogP contribution in [0.2, 0.25) is 0 Å². The van der Waals surface area contributed by atoms with Crippen LogP contribution in [-0.2, 0) is 10.0 Å². The summed E-state index contributed by atoms with van der Waals surface area (Å²) in [5, 5.41) is 8.14. The minimum atomic E-state index is -3.47. The summed E-state index contributed by atoms with van der Waals surface area (Å²) in [5.41, 5.74) is 0.813. The average Bonchev–Trinajstić information content (AvgIpc) is 3.15. The van der Waals surface area contributed by atoms with Gasteiger partial charge >= 0.3 is 0 Å². The predicted octanol–water partition coefficient (Wildman–Crippen LogP) is 3.23. The van der Waals surface area contributed by atoms with Gasteiger partial charge in [0.05, 0.1) is 19.8 Å². The van der Waals surface area contributed by atoms with Crippen molar-refractivity contribution in [3.63, 3.8) is 0 Å². The zero-order chi connectivity index (χ0) is 20.7. The lowest BCUT2D eigenvalue weighted by Crippen LogP contribution is -2.33. The van der Waals surface area contributed by atoms with E-state index in [9.17, 15) is 8.42 Å². The molecule has 0 spiro atoms. The average molecular weight is 566 g/mol. The summed E-state index contributed by atoms with van der Waals surface area (Å²) >= 11 is 1.21. The van der Waals surface area contributed by atoms with Crippen LogP contribution in [0.25, 0.3) is 0 Å². The molecule has 1 aliphatic heterocycles. The molecule has 0 aliphatic carbocycles. The van der Waals surface area contributed by atoms with Crippen molar-refractivity contribution in [3.05, 3.63) is 35.7 Å². The van der Waals surface area contributed by atoms with Crippen LogP contribution < -0.4 is 20.1 Å². The van der Waals surface area contributed by atoms with Gasteiger partial charge in [0.1, 0.15) is 4.21 Å². The van der Waals surface area contributed by atoms with Crippen molar-refractivity contribution in [2.75, 3.05) is 45.2 Å². The first kappa shape index (κ1) is 24.7. The second-order valence-electron chi connectivity index (χ2n) is 6.36. The molecule has 0 bridgehead atoms. The topological polar surface area (TPSA) is 92.3 Å². The third-order valence-corrected chi connectivity index (χ3v) is 7.43. The Balaban J connectivity index is 0.00000320. The van der Waals surface area contributed by atoms with E-state index in [2.05, 4.69) is 15.6 Å². The molecule has 1 aliphatic rings. The van der Waals surface area contributed by atoms with Crippen LogP contribution >= 0.6 is 35.3 Å². The number of hydrogen-bond donors (Lipinski definition) is 2. The van der Waals surface area contributed by atoms with E-state index in [-0.39, 0.29) is 30.5 Å². The maximum absolute atomic E-state index is 12.5. The number of sulfonamides is 1. The van der Waals surface area contributed by atoms with Crippen LogP contribution in [0.5, 0.6) is 11.5 Å². The molecular formula is C19H27IN4O4S2. The first-order valence-electron chi connectivity index (χ1n) is 9.45. The Hall–Kier alpha value is -1.57. The smallest absolute Gasteiger partial charge is 0.252 e.